The van der Waals surface area contributed by atoms with Crippen molar-refractivity contribution in [1.29, 1.82) is 0 Å². The molecule has 2 nitrogen and oxygen atoms in total. The summed E-state index contributed by atoms with van der Waals surface area (Å²) in [5.41, 5.74) is 0.704. The van der Waals surface area contributed by atoms with E-state index in [2.05, 4.69) is 13.8 Å². The smallest absolute Gasteiger partial charge is 0.119 e. The second kappa shape index (κ2) is 4.93. The van der Waals surface area contributed by atoms with Crippen LogP contribution in [0, 0.1) is 5.41 Å². The number of aliphatic hydroxyl groups is 1. The molecule has 0 bridgehead atoms. The lowest BCUT2D eigenvalue weighted by Crippen LogP contribution is -2.34. The molecule has 1 aliphatic carbocycles. The number of rotatable bonds is 3. The van der Waals surface area contributed by atoms with Crippen molar-refractivity contribution in [3.63, 3.8) is 0 Å². The molecule has 1 N–H and O–H groups in total. The van der Waals surface area contributed by atoms with Crippen molar-refractivity contribution in [2.45, 2.75) is 52.1 Å². The second-order valence-corrected chi connectivity index (χ2v) is 6.16. The summed E-state index contributed by atoms with van der Waals surface area (Å²) < 4.78 is 5.51. The quantitative estimate of drug-likeness (QED) is 0.879. The Bertz CT molecular complexity index is 399. The van der Waals surface area contributed by atoms with Crippen LogP contribution in [-0.4, -0.2) is 11.7 Å². The highest BCUT2D eigenvalue weighted by molar-refractivity contribution is 5.32. The molecule has 100 valence electrons. The zero-order valence-electron chi connectivity index (χ0n) is 11.7. The minimum Gasteiger partial charge on any atom is -0.494 e. The van der Waals surface area contributed by atoms with Gasteiger partial charge in [-0.1, -0.05) is 26.0 Å². The Hall–Kier alpha value is -1.02. The second-order valence-electron chi connectivity index (χ2n) is 6.16. The summed E-state index contributed by atoms with van der Waals surface area (Å²) in [5, 5.41) is 10.8. The summed E-state index contributed by atoms with van der Waals surface area (Å²) >= 11 is 0. The van der Waals surface area contributed by atoms with Crippen LogP contribution in [0.25, 0.3) is 0 Å². The van der Waals surface area contributed by atoms with Gasteiger partial charge in [-0.05, 0) is 55.7 Å². The molecule has 0 saturated heterocycles. The molecule has 1 aromatic rings. The van der Waals surface area contributed by atoms with Gasteiger partial charge in [0.05, 0.1) is 12.2 Å². The minimum absolute atomic E-state index is 0.365. The monoisotopic (exact) mass is 248 g/mol. The van der Waals surface area contributed by atoms with Gasteiger partial charge in [0.15, 0.2) is 0 Å². The van der Waals surface area contributed by atoms with E-state index in [9.17, 15) is 5.11 Å². The van der Waals surface area contributed by atoms with Crippen LogP contribution in [0.4, 0.5) is 0 Å². The maximum absolute atomic E-state index is 10.8. The van der Waals surface area contributed by atoms with E-state index >= 15 is 0 Å². The molecule has 2 rings (SSSR count). The molecule has 0 aromatic heterocycles. The molecule has 1 saturated carbocycles. The first kappa shape index (κ1) is 13.4. The number of hydrogen-bond acceptors (Lipinski definition) is 2. The molecule has 0 amide bonds. The summed E-state index contributed by atoms with van der Waals surface area (Å²) in [5.74, 6) is 0.855. The fourth-order valence-corrected chi connectivity index (χ4v) is 2.67. The van der Waals surface area contributed by atoms with E-state index in [1.54, 1.807) is 0 Å². The molecular weight excluding hydrogens is 224 g/mol. The van der Waals surface area contributed by atoms with Crippen LogP contribution in [0.1, 0.15) is 52.0 Å². The standard InChI is InChI=1S/C16H24O2/c1-4-18-14-7-5-6-13(12-14)16(17)10-8-15(2,3)9-11-16/h5-7,12,17H,4,8-11H2,1-3H3. The third-order valence-corrected chi connectivity index (χ3v) is 4.11. The Balaban J connectivity index is 2.17. The zero-order chi connectivity index (χ0) is 13.2. The topological polar surface area (TPSA) is 29.5 Å². The van der Waals surface area contributed by atoms with Crippen molar-refractivity contribution in [1.82, 2.24) is 0 Å². The molecule has 1 fully saturated rings. The maximum atomic E-state index is 10.8. The first-order valence-corrected chi connectivity index (χ1v) is 6.91. The van der Waals surface area contributed by atoms with E-state index in [0.717, 1.165) is 37.0 Å². The molecule has 1 aromatic carbocycles. The highest BCUT2D eigenvalue weighted by Crippen LogP contribution is 2.45. The SMILES string of the molecule is CCOc1cccc(C2(O)CCC(C)(C)CC2)c1. The molecule has 0 heterocycles. The molecule has 0 radical (unpaired) electrons. The molecule has 0 spiro atoms. The zero-order valence-corrected chi connectivity index (χ0v) is 11.7. The van der Waals surface area contributed by atoms with Gasteiger partial charge in [-0.2, -0.15) is 0 Å². The summed E-state index contributed by atoms with van der Waals surface area (Å²) in [6.07, 6.45) is 3.83. The van der Waals surface area contributed by atoms with Crippen molar-refractivity contribution in [3.8, 4) is 5.75 Å². The van der Waals surface area contributed by atoms with E-state index in [1.165, 1.54) is 0 Å². The number of benzene rings is 1. The van der Waals surface area contributed by atoms with E-state index in [-0.39, 0.29) is 0 Å². The van der Waals surface area contributed by atoms with Gasteiger partial charge >= 0.3 is 0 Å². The molecular formula is C16H24O2. The summed E-state index contributed by atoms with van der Waals surface area (Å²) in [7, 11) is 0. The normalized spacial score (nSPS) is 21.6. The van der Waals surface area contributed by atoms with Crippen LogP contribution in [0.15, 0.2) is 24.3 Å². The molecule has 0 unspecified atom stereocenters. The van der Waals surface area contributed by atoms with Crippen LogP contribution >= 0.6 is 0 Å². The van der Waals surface area contributed by atoms with Gasteiger partial charge in [-0.3, -0.25) is 0 Å². The molecule has 0 aliphatic heterocycles. The minimum atomic E-state index is -0.664. The summed E-state index contributed by atoms with van der Waals surface area (Å²) in [6.45, 7) is 7.20. The summed E-state index contributed by atoms with van der Waals surface area (Å²) in [6, 6.07) is 7.92. The fourth-order valence-electron chi connectivity index (χ4n) is 2.67. The largest absolute Gasteiger partial charge is 0.494 e. The third-order valence-electron chi connectivity index (χ3n) is 4.11. The maximum Gasteiger partial charge on any atom is 0.119 e. The van der Waals surface area contributed by atoms with Gasteiger partial charge in [0.2, 0.25) is 0 Å². The van der Waals surface area contributed by atoms with Crippen molar-refractivity contribution in [3.05, 3.63) is 29.8 Å². The highest BCUT2D eigenvalue weighted by atomic mass is 16.5. The van der Waals surface area contributed by atoms with Gasteiger partial charge in [-0.25, -0.2) is 0 Å². The number of ether oxygens (including phenoxy) is 1. The van der Waals surface area contributed by atoms with Crippen LogP contribution < -0.4 is 4.74 Å². The van der Waals surface area contributed by atoms with E-state index in [4.69, 9.17) is 4.74 Å². The Morgan fingerprint density at radius 1 is 1.17 bits per heavy atom. The lowest BCUT2D eigenvalue weighted by atomic mass is 9.69. The van der Waals surface area contributed by atoms with E-state index in [1.807, 2.05) is 31.2 Å². The van der Waals surface area contributed by atoms with Crippen molar-refractivity contribution >= 4 is 0 Å². The van der Waals surface area contributed by atoms with Crippen molar-refractivity contribution in [2.24, 2.45) is 5.41 Å². The average Bonchev–Trinajstić information content (AvgIpc) is 2.34. The van der Waals surface area contributed by atoms with Crippen molar-refractivity contribution in [2.75, 3.05) is 6.61 Å². The van der Waals surface area contributed by atoms with Gasteiger partial charge in [0.25, 0.3) is 0 Å². The van der Waals surface area contributed by atoms with Crippen LogP contribution in [-0.2, 0) is 5.60 Å². The highest BCUT2D eigenvalue weighted by Gasteiger charge is 2.37. The van der Waals surface area contributed by atoms with Crippen LogP contribution in [0.3, 0.4) is 0 Å². The Kier molecular flexibility index (Phi) is 3.67. The van der Waals surface area contributed by atoms with Crippen molar-refractivity contribution < 1.29 is 9.84 Å². The lowest BCUT2D eigenvalue weighted by Gasteiger charge is -2.40. The molecule has 18 heavy (non-hydrogen) atoms. The first-order chi connectivity index (χ1) is 8.45. The Labute approximate surface area is 110 Å². The predicted octanol–water partition coefficient (Wildman–Crippen LogP) is 3.87. The lowest BCUT2D eigenvalue weighted by molar-refractivity contribution is -0.0307. The van der Waals surface area contributed by atoms with Crippen LogP contribution in [0.5, 0.6) is 5.75 Å². The van der Waals surface area contributed by atoms with Gasteiger partial charge in [-0.15, -0.1) is 0 Å². The average molecular weight is 248 g/mol. The fraction of sp³-hybridized carbons (Fsp3) is 0.625. The Morgan fingerprint density at radius 3 is 2.44 bits per heavy atom. The van der Waals surface area contributed by atoms with Gasteiger partial charge < -0.3 is 9.84 Å². The summed E-state index contributed by atoms with van der Waals surface area (Å²) in [4.78, 5) is 0. The predicted molar refractivity (Wildman–Crippen MR) is 73.8 cm³/mol. The molecule has 1 aliphatic rings. The first-order valence-electron chi connectivity index (χ1n) is 6.91. The van der Waals surface area contributed by atoms with Gasteiger partial charge in [0, 0.05) is 0 Å². The molecule has 0 atom stereocenters. The van der Waals surface area contributed by atoms with E-state index in [0.29, 0.717) is 12.0 Å². The number of hydrogen-bond donors (Lipinski definition) is 1. The van der Waals surface area contributed by atoms with E-state index < -0.39 is 5.60 Å². The van der Waals surface area contributed by atoms with Gasteiger partial charge in [0.1, 0.15) is 5.75 Å². The van der Waals surface area contributed by atoms with Crippen LogP contribution in [0.2, 0.25) is 0 Å². The Morgan fingerprint density at radius 2 is 1.83 bits per heavy atom. The third kappa shape index (κ3) is 2.86. The molecule has 2 heteroatoms.